The second-order valence-electron chi connectivity index (χ2n) is 5.26. The zero-order valence-electron chi connectivity index (χ0n) is 8.28. The molecule has 3 fully saturated rings. The van der Waals surface area contributed by atoms with Crippen molar-refractivity contribution < 1.29 is 0 Å². The Morgan fingerprint density at radius 2 is 1.69 bits per heavy atom. The molecule has 2 aliphatic carbocycles. The molecule has 13 heavy (non-hydrogen) atoms. The molecule has 0 aromatic rings. The van der Waals surface area contributed by atoms with Crippen LogP contribution in [-0.4, -0.2) is 29.6 Å². The molecular formula is C11H20N2. The quantitative estimate of drug-likeness (QED) is 0.660. The Morgan fingerprint density at radius 3 is 2.23 bits per heavy atom. The van der Waals surface area contributed by atoms with E-state index in [1.165, 1.54) is 45.1 Å². The van der Waals surface area contributed by atoms with Crippen LogP contribution in [0.2, 0.25) is 0 Å². The van der Waals surface area contributed by atoms with Gasteiger partial charge in [0.2, 0.25) is 0 Å². The SMILES string of the molecule is NC1CCC(N2CC3CCC2C3)C1. The standard InChI is InChI=1S/C11H20N2/c12-9-2-4-11(6-9)13-7-8-1-3-10(13)5-8/h8-11H,1-7,12H2. The van der Waals surface area contributed by atoms with E-state index in [-0.39, 0.29) is 0 Å². The van der Waals surface area contributed by atoms with E-state index in [4.69, 9.17) is 5.73 Å². The van der Waals surface area contributed by atoms with Gasteiger partial charge >= 0.3 is 0 Å². The molecule has 2 N–H and O–H groups in total. The van der Waals surface area contributed by atoms with Crippen LogP contribution in [0, 0.1) is 5.92 Å². The summed E-state index contributed by atoms with van der Waals surface area (Å²) in [6.07, 6.45) is 8.36. The lowest BCUT2D eigenvalue weighted by Gasteiger charge is -2.32. The summed E-state index contributed by atoms with van der Waals surface area (Å²) in [5.74, 6) is 1.04. The predicted octanol–water partition coefficient (Wildman–Crippen LogP) is 1.35. The summed E-state index contributed by atoms with van der Waals surface area (Å²) in [4.78, 5) is 2.78. The van der Waals surface area contributed by atoms with Gasteiger partial charge in [-0.2, -0.15) is 0 Å². The van der Waals surface area contributed by atoms with Crippen molar-refractivity contribution in [3.63, 3.8) is 0 Å². The normalized spacial score (nSPS) is 50.5. The summed E-state index contributed by atoms with van der Waals surface area (Å²) in [6, 6.07) is 2.30. The molecule has 4 unspecified atom stereocenters. The fourth-order valence-electron chi connectivity index (χ4n) is 3.70. The van der Waals surface area contributed by atoms with Crippen LogP contribution in [0.1, 0.15) is 38.5 Å². The van der Waals surface area contributed by atoms with Gasteiger partial charge in [0.25, 0.3) is 0 Å². The molecule has 3 rings (SSSR count). The minimum absolute atomic E-state index is 0.504. The molecule has 2 heteroatoms. The van der Waals surface area contributed by atoms with Gasteiger partial charge in [-0.1, -0.05) is 0 Å². The maximum Gasteiger partial charge on any atom is 0.0114 e. The topological polar surface area (TPSA) is 29.3 Å². The first-order valence-electron chi connectivity index (χ1n) is 5.84. The van der Waals surface area contributed by atoms with Gasteiger partial charge < -0.3 is 5.73 Å². The molecule has 2 bridgehead atoms. The summed E-state index contributed by atoms with van der Waals surface area (Å²) < 4.78 is 0. The van der Waals surface area contributed by atoms with Gasteiger partial charge in [-0.15, -0.1) is 0 Å². The molecule has 0 spiro atoms. The van der Waals surface area contributed by atoms with Crippen molar-refractivity contribution in [1.29, 1.82) is 0 Å². The van der Waals surface area contributed by atoms with Gasteiger partial charge in [0.15, 0.2) is 0 Å². The number of likely N-dealkylation sites (tertiary alicyclic amines) is 1. The van der Waals surface area contributed by atoms with Crippen LogP contribution in [0.4, 0.5) is 0 Å². The molecule has 1 heterocycles. The molecular weight excluding hydrogens is 160 g/mol. The molecule has 0 amide bonds. The van der Waals surface area contributed by atoms with E-state index in [2.05, 4.69) is 4.90 Å². The van der Waals surface area contributed by atoms with E-state index >= 15 is 0 Å². The summed E-state index contributed by atoms with van der Waals surface area (Å²) >= 11 is 0. The van der Waals surface area contributed by atoms with Crippen molar-refractivity contribution in [2.75, 3.05) is 6.54 Å². The third kappa shape index (κ3) is 1.31. The Morgan fingerprint density at radius 1 is 0.923 bits per heavy atom. The lowest BCUT2D eigenvalue weighted by atomic mass is 10.1. The fraction of sp³-hybridized carbons (Fsp3) is 1.00. The Labute approximate surface area is 80.5 Å². The first-order valence-corrected chi connectivity index (χ1v) is 5.84. The average Bonchev–Trinajstić information content (AvgIpc) is 2.77. The van der Waals surface area contributed by atoms with E-state index < -0.39 is 0 Å². The number of fused-ring (bicyclic) bond motifs is 2. The van der Waals surface area contributed by atoms with E-state index in [1.54, 1.807) is 0 Å². The molecule has 74 valence electrons. The zero-order chi connectivity index (χ0) is 8.84. The van der Waals surface area contributed by atoms with Crippen LogP contribution in [0.3, 0.4) is 0 Å². The maximum absolute atomic E-state index is 5.96. The van der Waals surface area contributed by atoms with Crippen molar-refractivity contribution in [1.82, 2.24) is 4.90 Å². The van der Waals surface area contributed by atoms with Crippen molar-refractivity contribution in [3.8, 4) is 0 Å². The Kier molecular flexibility index (Phi) is 1.88. The average molecular weight is 180 g/mol. The summed E-state index contributed by atoms with van der Waals surface area (Å²) in [7, 11) is 0. The molecule has 1 saturated heterocycles. The second kappa shape index (κ2) is 2.96. The molecule has 1 aliphatic heterocycles. The van der Waals surface area contributed by atoms with E-state index in [0.29, 0.717) is 6.04 Å². The first kappa shape index (κ1) is 8.25. The van der Waals surface area contributed by atoms with E-state index in [9.17, 15) is 0 Å². The monoisotopic (exact) mass is 180 g/mol. The Hall–Kier alpha value is -0.0800. The highest BCUT2D eigenvalue weighted by molar-refractivity contribution is 4.97. The highest BCUT2D eigenvalue weighted by Gasteiger charge is 2.42. The largest absolute Gasteiger partial charge is 0.328 e. The number of rotatable bonds is 1. The van der Waals surface area contributed by atoms with Crippen molar-refractivity contribution >= 4 is 0 Å². The van der Waals surface area contributed by atoms with Gasteiger partial charge in [-0.3, -0.25) is 4.90 Å². The summed E-state index contributed by atoms with van der Waals surface area (Å²) in [5.41, 5.74) is 5.96. The molecule has 3 aliphatic rings. The van der Waals surface area contributed by atoms with E-state index in [0.717, 1.165) is 18.0 Å². The predicted molar refractivity (Wildman–Crippen MR) is 53.4 cm³/mol. The van der Waals surface area contributed by atoms with Crippen LogP contribution in [0.25, 0.3) is 0 Å². The van der Waals surface area contributed by atoms with Crippen LogP contribution < -0.4 is 5.73 Å². The Balaban J connectivity index is 1.66. The molecule has 2 nitrogen and oxygen atoms in total. The third-order valence-electron chi connectivity index (χ3n) is 4.37. The molecule has 2 saturated carbocycles. The maximum atomic E-state index is 5.96. The molecule has 4 atom stereocenters. The highest BCUT2D eigenvalue weighted by Crippen LogP contribution is 2.41. The number of hydrogen-bond acceptors (Lipinski definition) is 2. The zero-order valence-corrected chi connectivity index (χ0v) is 8.28. The van der Waals surface area contributed by atoms with Crippen molar-refractivity contribution in [3.05, 3.63) is 0 Å². The molecule has 0 aromatic heterocycles. The van der Waals surface area contributed by atoms with Gasteiger partial charge in [0.1, 0.15) is 0 Å². The van der Waals surface area contributed by atoms with Crippen LogP contribution in [0.5, 0.6) is 0 Å². The number of nitrogens with two attached hydrogens (primary N) is 1. The minimum Gasteiger partial charge on any atom is -0.328 e. The number of hydrogen-bond donors (Lipinski definition) is 1. The van der Waals surface area contributed by atoms with Crippen molar-refractivity contribution in [2.45, 2.75) is 56.7 Å². The third-order valence-corrected chi connectivity index (χ3v) is 4.37. The fourth-order valence-corrected chi connectivity index (χ4v) is 3.70. The molecule has 0 radical (unpaired) electrons. The lowest BCUT2D eigenvalue weighted by Crippen LogP contribution is -2.40. The summed E-state index contributed by atoms with van der Waals surface area (Å²) in [6.45, 7) is 1.39. The highest BCUT2D eigenvalue weighted by atomic mass is 15.2. The first-order chi connectivity index (χ1) is 6.33. The molecule has 0 aromatic carbocycles. The van der Waals surface area contributed by atoms with Crippen molar-refractivity contribution in [2.24, 2.45) is 11.7 Å². The lowest BCUT2D eigenvalue weighted by molar-refractivity contribution is 0.150. The van der Waals surface area contributed by atoms with Crippen LogP contribution >= 0.6 is 0 Å². The van der Waals surface area contributed by atoms with Crippen LogP contribution in [0.15, 0.2) is 0 Å². The van der Waals surface area contributed by atoms with E-state index in [1.807, 2.05) is 0 Å². The summed E-state index contributed by atoms with van der Waals surface area (Å²) in [5, 5.41) is 0. The van der Waals surface area contributed by atoms with Gasteiger partial charge in [-0.05, 0) is 44.4 Å². The van der Waals surface area contributed by atoms with Gasteiger partial charge in [0.05, 0.1) is 0 Å². The van der Waals surface area contributed by atoms with Crippen LogP contribution in [-0.2, 0) is 0 Å². The number of nitrogens with zero attached hydrogens (tertiary/aromatic N) is 1. The van der Waals surface area contributed by atoms with Gasteiger partial charge in [0, 0.05) is 24.7 Å². The number of piperidine rings is 1. The Bertz CT molecular complexity index is 204. The minimum atomic E-state index is 0.504. The van der Waals surface area contributed by atoms with Gasteiger partial charge in [-0.25, -0.2) is 0 Å². The smallest absolute Gasteiger partial charge is 0.0114 e. The second-order valence-corrected chi connectivity index (χ2v) is 5.26.